The molecule has 8 nitrogen and oxygen atoms in total. The van der Waals surface area contributed by atoms with Crippen molar-refractivity contribution in [1.82, 2.24) is 14.8 Å². The Hall–Kier alpha value is -3.78. The second-order valence-electron chi connectivity index (χ2n) is 7.02. The first-order valence-corrected chi connectivity index (χ1v) is 9.72. The number of hydrogen-bond acceptors (Lipinski definition) is 6. The van der Waals surface area contributed by atoms with Crippen LogP contribution in [0, 0.1) is 6.92 Å². The summed E-state index contributed by atoms with van der Waals surface area (Å²) < 4.78 is 6.14. The molecular formula is C22H17ClN4O4. The Bertz CT molecular complexity index is 1410. The molecule has 2 aromatic heterocycles. The highest BCUT2D eigenvalue weighted by molar-refractivity contribution is 6.30. The topological polar surface area (TPSA) is 117 Å². The standard InChI is InChI=1S/C22H17ClN4O4/c1-12-6-7-13-9-14(20(23)25-17(13)8-12)11-31-18(28)10-27-22(30)16-5-3-2-4-15(16)19(26-27)21(24)29/h2-9H,10-11H2,1H3,(H2,24,29). The third-order valence-electron chi connectivity index (χ3n) is 4.77. The molecule has 0 bridgehead atoms. The average Bonchev–Trinajstić information content (AvgIpc) is 2.74. The maximum atomic E-state index is 12.7. The fraction of sp³-hybridized carbons (Fsp3) is 0.136. The quantitative estimate of drug-likeness (QED) is 0.379. The number of aromatic nitrogens is 3. The molecule has 0 spiro atoms. The normalized spacial score (nSPS) is 11.0. The fourth-order valence-corrected chi connectivity index (χ4v) is 3.45. The van der Waals surface area contributed by atoms with Crippen molar-refractivity contribution < 1.29 is 14.3 Å². The largest absolute Gasteiger partial charge is 0.459 e. The highest BCUT2D eigenvalue weighted by Crippen LogP contribution is 2.22. The Morgan fingerprint density at radius 2 is 1.87 bits per heavy atom. The van der Waals surface area contributed by atoms with Gasteiger partial charge in [-0.15, -0.1) is 0 Å². The predicted octanol–water partition coefficient (Wildman–Crippen LogP) is 2.75. The molecule has 2 N–H and O–H groups in total. The van der Waals surface area contributed by atoms with Crippen molar-refractivity contribution in [3.8, 4) is 0 Å². The summed E-state index contributed by atoms with van der Waals surface area (Å²) in [6.45, 7) is 1.35. The first-order chi connectivity index (χ1) is 14.8. The number of aryl methyl sites for hydroxylation is 1. The fourth-order valence-electron chi connectivity index (χ4n) is 3.25. The van der Waals surface area contributed by atoms with E-state index in [0.717, 1.165) is 21.1 Å². The van der Waals surface area contributed by atoms with E-state index < -0.39 is 24.0 Å². The zero-order valence-electron chi connectivity index (χ0n) is 16.5. The summed E-state index contributed by atoms with van der Waals surface area (Å²) in [7, 11) is 0. The van der Waals surface area contributed by atoms with Crippen LogP contribution in [-0.4, -0.2) is 26.6 Å². The van der Waals surface area contributed by atoms with Crippen LogP contribution in [0.15, 0.2) is 53.3 Å². The summed E-state index contributed by atoms with van der Waals surface area (Å²) >= 11 is 6.22. The summed E-state index contributed by atoms with van der Waals surface area (Å²) in [4.78, 5) is 41.1. The maximum absolute atomic E-state index is 12.7. The van der Waals surface area contributed by atoms with Crippen LogP contribution < -0.4 is 11.3 Å². The number of pyridine rings is 1. The van der Waals surface area contributed by atoms with Gasteiger partial charge in [-0.3, -0.25) is 14.4 Å². The van der Waals surface area contributed by atoms with Gasteiger partial charge in [0.15, 0.2) is 5.69 Å². The van der Waals surface area contributed by atoms with E-state index in [9.17, 15) is 14.4 Å². The van der Waals surface area contributed by atoms with Crippen molar-refractivity contribution in [1.29, 1.82) is 0 Å². The van der Waals surface area contributed by atoms with Crippen LogP contribution in [0.25, 0.3) is 21.7 Å². The molecular weight excluding hydrogens is 420 g/mol. The Morgan fingerprint density at radius 3 is 2.61 bits per heavy atom. The number of carbonyl (C=O) groups is 2. The van der Waals surface area contributed by atoms with Gasteiger partial charge in [0.05, 0.1) is 10.9 Å². The average molecular weight is 437 g/mol. The van der Waals surface area contributed by atoms with Crippen LogP contribution in [0.4, 0.5) is 0 Å². The number of ether oxygens (including phenoxy) is 1. The van der Waals surface area contributed by atoms with Gasteiger partial charge in [0.2, 0.25) is 0 Å². The van der Waals surface area contributed by atoms with Crippen LogP contribution in [0.5, 0.6) is 0 Å². The third kappa shape index (κ3) is 4.10. The number of primary amides is 1. The molecule has 9 heteroatoms. The molecule has 2 aromatic carbocycles. The van der Waals surface area contributed by atoms with Gasteiger partial charge in [-0.2, -0.15) is 5.10 Å². The number of fused-ring (bicyclic) bond motifs is 2. The van der Waals surface area contributed by atoms with Crippen molar-refractivity contribution in [2.75, 3.05) is 0 Å². The lowest BCUT2D eigenvalue weighted by atomic mass is 10.1. The zero-order chi connectivity index (χ0) is 22.1. The second kappa shape index (κ2) is 8.16. The SMILES string of the molecule is Cc1ccc2cc(COC(=O)Cn3nc(C(N)=O)c4ccccc4c3=O)c(Cl)nc2c1. The van der Waals surface area contributed by atoms with Gasteiger partial charge in [-0.25, -0.2) is 9.67 Å². The van der Waals surface area contributed by atoms with E-state index in [4.69, 9.17) is 22.1 Å². The van der Waals surface area contributed by atoms with Crippen LogP contribution >= 0.6 is 11.6 Å². The monoisotopic (exact) mass is 436 g/mol. The number of nitrogens with two attached hydrogens (primary N) is 1. The molecule has 0 saturated carbocycles. The number of halogens is 1. The molecule has 31 heavy (non-hydrogen) atoms. The van der Waals surface area contributed by atoms with E-state index in [1.807, 2.05) is 25.1 Å². The Balaban J connectivity index is 1.56. The molecule has 2 heterocycles. The van der Waals surface area contributed by atoms with Gasteiger partial charge >= 0.3 is 5.97 Å². The van der Waals surface area contributed by atoms with Gasteiger partial charge in [0.25, 0.3) is 11.5 Å². The molecule has 0 fully saturated rings. The summed E-state index contributed by atoms with van der Waals surface area (Å²) in [5.41, 5.74) is 7.08. The molecule has 0 aliphatic heterocycles. The summed E-state index contributed by atoms with van der Waals surface area (Å²) in [5, 5.41) is 5.60. The van der Waals surface area contributed by atoms with E-state index >= 15 is 0 Å². The summed E-state index contributed by atoms with van der Waals surface area (Å²) in [6, 6.07) is 14.0. The van der Waals surface area contributed by atoms with Gasteiger partial charge < -0.3 is 10.5 Å². The zero-order valence-corrected chi connectivity index (χ0v) is 17.2. The van der Waals surface area contributed by atoms with E-state index in [1.54, 1.807) is 24.3 Å². The lowest BCUT2D eigenvalue weighted by Crippen LogP contribution is -2.31. The molecule has 0 unspecified atom stereocenters. The van der Waals surface area contributed by atoms with Crippen molar-refractivity contribution in [2.45, 2.75) is 20.1 Å². The Labute approximate surface area is 181 Å². The van der Waals surface area contributed by atoms with Crippen LogP contribution in [0.2, 0.25) is 5.15 Å². The van der Waals surface area contributed by atoms with E-state index in [-0.39, 0.29) is 22.8 Å². The highest BCUT2D eigenvalue weighted by Gasteiger charge is 2.17. The minimum absolute atomic E-state index is 0.0972. The minimum Gasteiger partial charge on any atom is -0.459 e. The molecule has 0 aliphatic rings. The van der Waals surface area contributed by atoms with Gasteiger partial charge in [-0.05, 0) is 30.7 Å². The lowest BCUT2D eigenvalue weighted by molar-refractivity contribution is -0.146. The van der Waals surface area contributed by atoms with E-state index in [0.29, 0.717) is 10.9 Å². The molecule has 0 atom stereocenters. The van der Waals surface area contributed by atoms with Crippen molar-refractivity contribution >= 4 is 45.2 Å². The van der Waals surface area contributed by atoms with Crippen molar-refractivity contribution in [2.24, 2.45) is 5.73 Å². The Kier molecular flexibility index (Phi) is 5.39. The minimum atomic E-state index is -0.803. The number of rotatable bonds is 5. The molecule has 4 rings (SSSR count). The maximum Gasteiger partial charge on any atom is 0.328 e. The third-order valence-corrected chi connectivity index (χ3v) is 5.10. The Morgan fingerprint density at radius 1 is 1.13 bits per heavy atom. The first-order valence-electron chi connectivity index (χ1n) is 9.34. The van der Waals surface area contributed by atoms with Gasteiger partial charge in [0, 0.05) is 16.3 Å². The lowest BCUT2D eigenvalue weighted by Gasteiger charge is -2.10. The number of benzene rings is 2. The number of amides is 1. The van der Waals surface area contributed by atoms with Crippen LogP contribution in [0.3, 0.4) is 0 Å². The molecule has 1 amide bonds. The summed E-state index contributed by atoms with van der Waals surface area (Å²) in [5.74, 6) is -1.53. The number of carbonyl (C=O) groups excluding carboxylic acids is 2. The number of nitrogens with zero attached hydrogens (tertiary/aromatic N) is 3. The summed E-state index contributed by atoms with van der Waals surface area (Å²) in [6.07, 6.45) is 0. The highest BCUT2D eigenvalue weighted by atomic mass is 35.5. The van der Waals surface area contributed by atoms with Gasteiger partial charge in [0.1, 0.15) is 18.3 Å². The molecule has 0 saturated heterocycles. The van der Waals surface area contributed by atoms with Crippen molar-refractivity contribution in [3.63, 3.8) is 0 Å². The van der Waals surface area contributed by atoms with Crippen molar-refractivity contribution in [3.05, 3.63) is 80.9 Å². The number of esters is 1. The first kappa shape index (κ1) is 20.5. The van der Waals surface area contributed by atoms with E-state index in [2.05, 4.69) is 10.1 Å². The molecule has 4 aromatic rings. The molecule has 0 radical (unpaired) electrons. The van der Waals surface area contributed by atoms with Crippen LogP contribution in [0.1, 0.15) is 21.6 Å². The van der Waals surface area contributed by atoms with E-state index in [1.165, 1.54) is 6.07 Å². The molecule has 0 aliphatic carbocycles. The second-order valence-corrected chi connectivity index (χ2v) is 7.37. The predicted molar refractivity (Wildman–Crippen MR) is 116 cm³/mol. The van der Waals surface area contributed by atoms with Gasteiger partial charge in [-0.1, -0.05) is 41.9 Å². The smallest absolute Gasteiger partial charge is 0.328 e. The number of hydrogen-bond donors (Lipinski definition) is 1. The molecule has 156 valence electrons. The van der Waals surface area contributed by atoms with Crippen LogP contribution in [-0.2, 0) is 22.7 Å².